The maximum atomic E-state index is 11.4. The molecule has 1 saturated carbocycles. The Morgan fingerprint density at radius 3 is 2.73 bits per heavy atom. The van der Waals surface area contributed by atoms with E-state index in [0.29, 0.717) is 24.0 Å². The molecule has 0 aliphatic heterocycles. The topological polar surface area (TPSA) is 55.4 Å². The Labute approximate surface area is 93.2 Å². The number of methoxy groups -OCH3 is 1. The quantitative estimate of drug-likeness (QED) is 0.642. The van der Waals surface area contributed by atoms with Crippen molar-refractivity contribution in [3.8, 4) is 0 Å². The molecule has 1 fully saturated rings. The highest BCUT2D eigenvalue weighted by atomic mass is 32.2. The van der Waals surface area contributed by atoms with Gasteiger partial charge in [0.1, 0.15) is 6.04 Å². The predicted molar refractivity (Wildman–Crippen MR) is 60.1 cm³/mol. The minimum atomic E-state index is -0.766. The molecule has 1 N–H and O–H groups in total. The van der Waals surface area contributed by atoms with Gasteiger partial charge < -0.3 is 10.1 Å². The molecule has 1 aliphatic rings. The van der Waals surface area contributed by atoms with Crippen molar-refractivity contribution in [2.75, 3.05) is 25.2 Å². The molecule has 1 aliphatic carbocycles. The number of ether oxygens (including phenoxy) is 1. The Morgan fingerprint density at radius 1 is 1.60 bits per heavy atom. The highest BCUT2D eigenvalue weighted by molar-refractivity contribution is 7.84. The fourth-order valence-electron chi connectivity index (χ4n) is 1.47. The first-order chi connectivity index (χ1) is 7.19. The average molecular weight is 233 g/mol. The summed E-state index contributed by atoms with van der Waals surface area (Å²) >= 11 is 0. The first-order valence-corrected chi connectivity index (χ1v) is 6.84. The third-order valence-electron chi connectivity index (χ3n) is 2.56. The zero-order chi connectivity index (χ0) is 11.3. The van der Waals surface area contributed by atoms with E-state index in [-0.39, 0.29) is 12.0 Å². The van der Waals surface area contributed by atoms with Crippen molar-refractivity contribution in [3.05, 3.63) is 0 Å². The zero-order valence-electron chi connectivity index (χ0n) is 9.32. The monoisotopic (exact) mass is 233 g/mol. The standard InChI is InChI=1S/C10H19NO3S/c1-3-15(13)7-6-11-9(8-4-5-8)10(12)14-2/h8-9,11H,3-7H2,1-2H3. The van der Waals surface area contributed by atoms with Crippen molar-refractivity contribution in [3.63, 3.8) is 0 Å². The molecule has 15 heavy (non-hydrogen) atoms. The summed E-state index contributed by atoms with van der Waals surface area (Å²) in [6.45, 7) is 2.52. The van der Waals surface area contributed by atoms with Crippen LogP contribution in [-0.2, 0) is 20.3 Å². The summed E-state index contributed by atoms with van der Waals surface area (Å²) in [5.41, 5.74) is 0. The molecule has 4 nitrogen and oxygen atoms in total. The van der Waals surface area contributed by atoms with Gasteiger partial charge in [0, 0.05) is 28.9 Å². The van der Waals surface area contributed by atoms with Crippen molar-refractivity contribution < 1.29 is 13.7 Å². The highest BCUT2D eigenvalue weighted by Gasteiger charge is 2.36. The van der Waals surface area contributed by atoms with E-state index in [1.807, 2.05) is 6.92 Å². The highest BCUT2D eigenvalue weighted by Crippen LogP contribution is 2.32. The van der Waals surface area contributed by atoms with Crippen molar-refractivity contribution in [2.24, 2.45) is 5.92 Å². The summed E-state index contributed by atoms with van der Waals surface area (Å²) in [4.78, 5) is 11.4. The summed E-state index contributed by atoms with van der Waals surface area (Å²) in [5.74, 6) is 1.51. The summed E-state index contributed by atoms with van der Waals surface area (Å²) in [5, 5.41) is 3.13. The second kappa shape index (κ2) is 6.23. The average Bonchev–Trinajstić information content (AvgIpc) is 3.06. The van der Waals surface area contributed by atoms with Gasteiger partial charge in [-0.2, -0.15) is 0 Å². The molecule has 5 heteroatoms. The van der Waals surface area contributed by atoms with Crippen LogP contribution in [0.15, 0.2) is 0 Å². The predicted octanol–water partition coefficient (Wildman–Crippen LogP) is 0.296. The molecule has 0 radical (unpaired) electrons. The first kappa shape index (κ1) is 12.6. The summed E-state index contributed by atoms with van der Waals surface area (Å²) < 4.78 is 15.9. The normalized spacial score (nSPS) is 19.6. The third kappa shape index (κ3) is 4.30. The zero-order valence-corrected chi connectivity index (χ0v) is 10.1. The third-order valence-corrected chi connectivity index (χ3v) is 3.87. The minimum Gasteiger partial charge on any atom is -0.468 e. The summed E-state index contributed by atoms with van der Waals surface area (Å²) in [7, 11) is 0.640. The molecular formula is C10H19NO3S. The SMILES string of the molecule is CCS(=O)CCNC(C(=O)OC)C1CC1. The Bertz CT molecular complexity index is 241. The number of hydrogen-bond donors (Lipinski definition) is 1. The lowest BCUT2D eigenvalue weighted by atomic mass is 10.2. The molecule has 0 heterocycles. The van der Waals surface area contributed by atoms with Crippen LogP contribution < -0.4 is 5.32 Å². The van der Waals surface area contributed by atoms with E-state index in [0.717, 1.165) is 12.8 Å². The van der Waals surface area contributed by atoms with Crippen LogP contribution in [0.2, 0.25) is 0 Å². The Balaban J connectivity index is 2.26. The first-order valence-electron chi connectivity index (χ1n) is 5.35. The molecule has 0 spiro atoms. The fraction of sp³-hybridized carbons (Fsp3) is 0.900. The molecule has 0 aromatic heterocycles. The Hall–Kier alpha value is -0.420. The van der Waals surface area contributed by atoms with Crippen molar-refractivity contribution in [2.45, 2.75) is 25.8 Å². The summed E-state index contributed by atoms with van der Waals surface area (Å²) in [6, 6.07) is -0.191. The molecular weight excluding hydrogens is 214 g/mol. The van der Waals surface area contributed by atoms with Crippen molar-refractivity contribution in [1.82, 2.24) is 5.32 Å². The summed E-state index contributed by atoms with van der Waals surface area (Å²) in [6.07, 6.45) is 2.17. The van der Waals surface area contributed by atoms with Crippen LogP contribution in [0.4, 0.5) is 0 Å². The molecule has 0 amide bonds. The van der Waals surface area contributed by atoms with Gasteiger partial charge in [0.2, 0.25) is 0 Å². The lowest BCUT2D eigenvalue weighted by Gasteiger charge is -2.15. The number of nitrogens with one attached hydrogen (secondary N) is 1. The number of carbonyl (C=O) groups is 1. The lowest BCUT2D eigenvalue weighted by molar-refractivity contribution is -0.143. The molecule has 0 aromatic rings. The van der Waals surface area contributed by atoms with Crippen LogP contribution in [-0.4, -0.2) is 41.4 Å². The van der Waals surface area contributed by atoms with E-state index in [9.17, 15) is 9.00 Å². The lowest BCUT2D eigenvalue weighted by Crippen LogP contribution is -2.41. The van der Waals surface area contributed by atoms with Crippen LogP contribution in [0.1, 0.15) is 19.8 Å². The largest absolute Gasteiger partial charge is 0.468 e. The van der Waals surface area contributed by atoms with E-state index in [1.54, 1.807) is 0 Å². The van der Waals surface area contributed by atoms with E-state index < -0.39 is 10.8 Å². The second-order valence-corrected chi connectivity index (χ2v) is 5.59. The Morgan fingerprint density at radius 2 is 2.27 bits per heavy atom. The molecule has 2 unspecified atom stereocenters. The smallest absolute Gasteiger partial charge is 0.323 e. The van der Waals surface area contributed by atoms with E-state index in [1.165, 1.54) is 7.11 Å². The van der Waals surface area contributed by atoms with Gasteiger partial charge in [-0.15, -0.1) is 0 Å². The van der Waals surface area contributed by atoms with Crippen LogP contribution >= 0.6 is 0 Å². The van der Waals surface area contributed by atoms with Crippen LogP contribution in [0.25, 0.3) is 0 Å². The molecule has 1 rings (SSSR count). The van der Waals surface area contributed by atoms with E-state index in [4.69, 9.17) is 4.74 Å². The van der Waals surface area contributed by atoms with Crippen molar-refractivity contribution in [1.29, 1.82) is 0 Å². The van der Waals surface area contributed by atoms with Gasteiger partial charge >= 0.3 is 5.97 Å². The van der Waals surface area contributed by atoms with Gasteiger partial charge in [-0.25, -0.2) is 0 Å². The van der Waals surface area contributed by atoms with Gasteiger partial charge in [0.15, 0.2) is 0 Å². The molecule has 0 aromatic carbocycles. The second-order valence-electron chi connectivity index (χ2n) is 3.73. The van der Waals surface area contributed by atoms with Gasteiger partial charge in [0.05, 0.1) is 7.11 Å². The number of esters is 1. The molecule has 2 atom stereocenters. The minimum absolute atomic E-state index is 0.191. The van der Waals surface area contributed by atoms with Gasteiger partial charge in [-0.1, -0.05) is 6.92 Å². The fourth-order valence-corrected chi connectivity index (χ4v) is 2.11. The maximum absolute atomic E-state index is 11.4. The van der Waals surface area contributed by atoms with Gasteiger partial charge in [-0.3, -0.25) is 9.00 Å². The number of rotatable bonds is 7. The van der Waals surface area contributed by atoms with E-state index >= 15 is 0 Å². The van der Waals surface area contributed by atoms with Crippen molar-refractivity contribution >= 4 is 16.8 Å². The van der Waals surface area contributed by atoms with E-state index in [2.05, 4.69) is 5.32 Å². The van der Waals surface area contributed by atoms with Crippen LogP contribution in [0.5, 0.6) is 0 Å². The maximum Gasteiger partial charge on any atom is 0.323 e. The molecule has 88 valence electrons. The Kier molecular flexibility index (Phi) is 5.25. The number of hydrogen-bond acceptors (Lipinski definition) is 4. The van der Waals surface area contributed by atoms with Crippen LogP contribution in [0.3, 0.4) is 0 Å². The van der Waals surface area contributed by atoms with Gasteiger partial charge in [0.25, 0.3) is 0 Å². The van der Waals surface area contributed by atoms with Crippen LogP contribution in [0, 0.1) is 5.92 Å². The molecule has 0 bridgehead atoms. The molecule has 0 saturated heterocycles. The number of carbonyl (C=O) groups excluding carboxylic acids is 1. The van der Waals surface area contributed by atoms with Gasteiger partial charge in [-0.05, 0) is 18.8 Å².